The quantitative estimate of drug-likeness (QED) is 0.569. The lowest BCUT2D eigenvalue weighted by Gasteiger charge is -2.65. The summed E-state index contributed by atoms with van der Waals surface area (Å²) in [6.45, 7) is 9.05. The zero-order valence-corrected chi connectivity index (χ0v) is 21.8. The molecule has 5 nitrogen and oxygen atoms in total. The zero-order chi connectivity index (χ0) is 25.1. The van der Waals surface area contributed by atoms with Crippen molar-refractivity contribution < 1.29 is 19.1 Å². The lowest BCUT2D eigenvalue weighted by atomic mass is 9.39. The molecule has 1 aromatic rings. The van der Waals surface area contributed by atoms with Crippen LogP contribution in [0.4, 0.5) is 0 Å². The molecule has 1 spiro atoms. The number of hydrogen-bond acceptors (Lipinski definition) is 4. The maximum absolute atomic E-state index is 13.6. The number of ketones is 1. The Morgan fingerprint density at radius 1 is 1.00 bits per heavy atom. The molecule has 190 valence electrons. The summed E-state index contributed by atoms with van der Waals surface area (Å²) in [4.78, 5) is 38.5. The molecule has 0 aliphatic heterocycles. The Morgan fingerprint density at radius 2 is 1.71 bits per heavy atom. The number of amides is 1. The van der Waals surface area contributed by atoms with Crippen molar-refractivity contribution in [2.45, 2.75) is 85.6 Å². The largest absolute Gasteiger partial charge is 0.465 e. The van der Waals surface area contributed by atoms with Crippen molar-refractivity contribution in [3.8, 4) is 0 Å². The van der Waals surface area contributed by atoms with E-state index in [2.05, 4.69) is 26.1 Å². The van der Waals surface area contributed by atoms with E-state index in [0.717, 1.165) is 56.9 Å². The highest BCUT2D eigenvalue weighted by Gasteiger charge is 2.68. The van der Waals surface area contributed by atoms with Crippen LogP contribution in [0.2, 0.25) is 0 Å². The molecule has 4 aliphatic rings. The molecule has 2 unspecified atom stereocenters. The highest BCUT2D eigenvalue weighted by molar-refractivity contribution is 5.88. The van der Waals surface area contributed by atoms with Gasteiger partial charge in [0.05, 0.1) is 6.61 Å². The first kappa shape index (κ1) is 24.5. The van der Waals surface area contributed by atoms with Crippen molar-refractivity contribution in [1.29, 1.82) is 0 Å². The summed E-state index contributed by atoms with van der Waals surface area (Å²) in [5.41, 5.74) is 0.702. The summed E-state index contributed by atoms with van der Waals surface area (Å²) in [6.07, 6.45) is 7.69. The smallest absolute Gasteiger partial charge is 0.302 e. The van der Waals surface area contributed by atoms with E-state index in [1.165, 1.54) is 6.92 Å². The topological polar surface area (TPSA) is 72.5 Å². The monoisotopic (exact) mass is 479 g/mol. The molecule has 4 saturated carbocycles. The fourth-order valence-corrected chi connectivity index (χ4v) is 9.36. The number of benzene rings is 1. The van der Waals surface area contributed by atoms with Crippen LogP contribution in [0.25, 0.3) is 0 Å². The van der Waals surface area contributed by atoms with Gasteiger partial charge < -0.3 is 10.1 Å². The average Bonchev–Trinajstić information content (AvgIpc) is 3.00. The highest BCUT2D eigenvalue weighted by atomic mass is 16.5. The Hall–Kier alpha value is -2.17. The highest BCUT2D eigenvalue weighted by Crippen LogP contribution is 2.73. The number of carbonyl (C=O) groups excluding carboxylic acids is 3. The summed E-state index contributed by atoms with van der Waals surface area (Å²) in [5.74, 6) is 0.835. The number of Topliss-reactive ketones (excluding diaryl/α,β-unsaturated/α-hetero) is 1. The minimum absolute atomic E-state index is 0.0509. The van der Waals surface area contributed by atoms with Gasteiger partial charge in [0, 0.05) is 36.6 Å². The van der Waals surface area contributed by atoms with Crippen LogP contribution in [-0.4, -0.2) is 24.3 Å². The van der Waals surface area contributed by atoms with Crippen LogP contribution in [0.5, 0.6) is 0 Å². The molecule has 4 fully saturated rings. The number of hydrogen-bond donors (Lipinski definition) is 1. The van der Waals surface area contributed by atoms with Crippen molar-refractivity contribution in [3.05, 3.63) is 35.9 Å². The molecule has 1 N–H and O–H groups in total. The van der Waals surface area contributed by atoms with Crippen LogP contribution in [0.1, 0.15) is 84.6 Å². The van der Waals surface area contributed by atoms with Crippen LogP contribution >= 0.6 is 0 Å². The van der Waals surface area contributed by atoms with Gasteiger partial charge in [-0.1, -0.05) is 51.1 Å². The Labute approximate surface area is 209 Å². The second-order valence-electron chi connectivity index (χ2n) is 13.0. The molecule has 35 heavy (non-hydrogen) atoms. The first-order chi connectivity index (χ1) is 16.5. The van der Waals surface area contributed by atoms with Crippen LogP contribution in [-0.2, 0) is 25.7 Å². The molecule has 1 aromatic carbocycles. The molecule has 0 saturated heterocycles. The van der Waals surface area contributed by atoms with Gasteiger partial charge in [0.15, 0.2) is 0 Å². The third kappa shape index (κ3) is 3.84. The predicted molar refractivity (Wildman–Crippen MR) is 134 cm³/mol. The number of ether oxygens (including phenoxy) is 1. The Kier molecular flexibility index (Phi) is 5.92. The molecule has 4 aliphatic carbocycles. The van der Waals surface area contributed by atoms with E-state index >= 15 is 0 Å². The van der Waals surface area contributed by atoms with E-state index < -0.39 is 5.41 Å². The number of fused-ring (bicyclic) bond motifs is 3. The van der Waals surface area contributed by atoms with Gasteiger partial charge in [-0.2, -0.15) is 0 Å². The average molecular weight is 480 g/mol. The van der Waals surface area contributed by atoms with Crippen molar-refractivity contribution in [2.75, 3.05) is 6.61 Å². The van der Waals surface area contributed by atoms with E-state index in [0.29, 0.717) is 18.2 Å². The number of carbonyl (C=O) groups is 3. The molecule has 7 atom stereocenters. The lowest BCUT2D eigenvalue weighted by molar-refractivity contribution is -0.194. The van der Waals surface area contributed by atoms with Crippen molar-refractivity contribution in [1.82, 2.24) is 5.32 Å². The standard InChI is InChI=1S/C30H41NO4/c1-20(32)35-19-29(4)22(26(34)31-17-21-8-6-5-7-9-21)10-14-28(3)23(29)12-15-30-16-25(33)27(2,18-30)13-11-24(28)30/h5-9,22-24H,10-19H2,1-4H3,(H,31,34)/t22?,23-,24-,27-,28+,29?,30+/m1/s1. The van der Waals surface area contributed by atoms with Gasteiger partial charge in [0.1, 0.15) is 5.78 Å². The molecule has 0 heterocycles. The van der Waals surface area contributed by atoms with Gasteiger partial charge in [-0.15, -0.1) is 0 Å². The number of nitrogens with one attached hydrogen (secondary N) is 1. The molecule has 0 aromatic heterocycles. The van der Waals surface area contributed by atoms with Crippen molar-refractivity contribution in [2.24, 2.45) is 39.4 Å². The van der Waals surface area contributed by atoms with Gasteiger partial charge in [-0.25, -0.2) is 0 Å². The molecule has 2 bridgehead atoms. The van der Waals surface area contributed by atoms with Crippen molar-refractivity contribution in [3.63, 3.8) is 0 Å². The molecule has 5 rings (SSSR count). The molecule has 1 amide bonds. The van der Waals surface area contributed by atoms with E-state index in [9.17, 15) is 14.4 Å². The Bertz CT molecular complexity index is 1020. The van der Waals surface area contributed by atoms with Gasteiger partial charge in [-0.3, -0.25) is 14.4 Å². The minimum atomic E-state index is -0.426. The minimum Gasteiger partial charge on any atom is -0.465 e. The summed E-state index contributed by atoms with van der Waals surface area (Å²) in [5, 5.41) is 3.19. The van der Waals surface area contributed by atoms with Gasteiger partial charge in [0.2, 0.25) is 5.91 Å². The Balaban J connectivity index is 1.43. The molecular weight excluding hydrogens is 438 g/mol. The SMILES string of the molecule is CC(=O)OCC1(C)C(C(=O)NCc2ccccc2)CC[C@@]2(C)[C@H]1CC[C@@]13CC(=O)[C@](C)(CC[C@@H]12)C3. The maximum atomic E-state index is 13.6. The number of rotatable bonds is 5. The van der Waals surface area contributed by atoms with Crippen LogP contribution < -0.4 is 5.32 Å². The van der Waals surface area contributed by atoms with Crippen LogP contribution in [0, 0.1) is 39.4 Å². The van der Waals surface area contributed by atoms with Crippen molar-refractivity contribution >= 4 is 17.7 Å². The zero-order valence-electron chi connectivity index (χ0n) is 21.8. The third-order valence-corrected chi connectivity index (χ3v) is 11.0. The normalized spacial score (nSPS) is 42.1. The number of esters is 1. The van der Waals surface area contributed by atoms with E-state index in [-0.39, 0.29) is 46.6 Å². The van der Waals surface area contributed by atoms with Crippen LogP contribution in [0.15, 0.2) is 30.3 Å². The van der Waals surface area contributed by atoms with E-state index in [1.807, 2.05) is 30.3 Å². The van der Waals surface area contributed by atoms with Gasteiger partial charge in [-0.05, 0) is 73.2 Å². The predicted octanol–water partition coefficient (Wildman–Crippen LogP) is 5.46. The molecule has 0 radical (unpaired) electrons. The second-order valence-corrected chi connectivity index (χ2v) is 13.0. The van der Waals surface area contributed by atoms with E-state index in [1.54, 1.807) is 0 Å². The molecule has 5 heteroatoms. The molecular formula is C30H41NO4. The lowest BCUT2D eigenvalue weighted by Crippen LogP contribution is -2.62. The first-order valence-corrected chi connectivity index (χ1v) is 13.5. The summed E-state index contributed by atoms with van der Waals surface area (Å²) >= 11 is 0. The summed E-state index contributed by atoms with van der Waals surface area (Å²) in [7, 11) is 0. The summed E-state index contributed by atoms with van der Waals surface area (Å²) in [6, 6.07) is 10.00. The Morgan fingerprint density at radius 3 is 2.43 bits per heavy atom. The van der Waals surface area contributed by atoms with Crippen LogP contribution in [0.3, 0.4) is 0 Å². The first-order valence-electron chi connectivity index (χ1n) is 13.5. The van der Waals surface area contributed by atoms with Gasteiger partial charge in [0.25, 0.3) is 0 Å². The summed E-state index contributed by atoms with van der Waals surface area (Å²) < 4.78 is 5.68. The second kappa shape index (κ2) is 8.45. The maximum Gasteiger partial charge on any atom is 0.302 e. The fraction of sp³-hybridized carbons (Fsp3) is 0.700. The van der Waals surface area contributed by atoms with Gasteiger partial charge >= 0.3 is 5.97 Å². The fourth-order valence-electron chi connectivity index (χ4n) is 9.36. The third-order valence-electron chi connectivity index (χ3n) is 11.0. The van der Waals surface area contributed by atoms with E-state index in [4.69, 9.17) is 4.74 Å².